The minimum atomic E-state index is -0.635. The molecule has 0 bridgehead atoms. The van der Waals surface area contributed by atoms with Crippen molar-refractivity contribution in [1.82, 2.24) is 9.88 Å². The lowest BCUT2D eigenvalue weighted by Gasteiger charge is -2.28. The molecule has 5 nitrogen and oxygen atoms in total. The number of rotatable bonds is 3. The quantitative estimate of drug-likeness (QED) is 0.782. The van der Waals surface area contributed by atoms with Gasteiger partial charge in [-0.3, -0.25) is 9.88 Å². The number of aliphatic hydroxyl groups excluding tert-OH is 1. The fourth-order valence-electron chi connectivity index (χ4n) is 2.04. The third kappa shape index (κ3) is 3.15. The van der Waals surface area contributed by atoms with E-state index >= 15 is 0 Å². The molecule has 0 aliphatic carbocycles. The molecule has 0 saturated carbocycles. The Kier molecular flexibility index (Phi) is 4.07. The molecule has 1 N–H and O–H groups in total. The molecule has 18 heavy (non-hydrogen) atoms. The van der Waals surface area contributed by atoms with E-state index in [1.807, 2.05) is 17.0 Å². The number of ether oxygens (including phenoxy) is 1. The first-order chi connectivity index (χ1) is 8.69. The first-order valence-corrected chi connectivity index (χ1v) is 5.77. The van der Waals surface area contributed by atoms with Gasteiger partial charge in [-0.25, -0.2) is 4.79 Å². The van der Waals surface area contributed by atoms with Crippen molar-refractivity contribution in [2.24, 2.45) is 0 Å². The van der Waals surface area contributed by atoms with E-state index in [0.717, 1.165) is 5.56 Å². The van der Waals surface area contributed by atoms with Gasteiger partial charge in [0.1, 0.15) is 0 Å². The van der Waals surface area contributed by atoms with E-state index in [-0.39, 0.29) is 5.97 Å². The largest absolute Gasteiger partial charge is 0.466 e. The molecule has 2 rings (SSSR count). The maximum absolute atomic E-state index is 11.5. The Labute approximate surface area is 106 Å². The van der Waals surface area contributed by atoms with Crippen LogP contribution in [0.25, 0.3) is 0 Å². The monoisotopic (exact) mass is 248 g/mol. The van der Waals surface area contributed by atoms with Crippen molar-refractivity contribution in [1.29, 1.82) is 0 Å². The Bertz CT molecular complexity index is 445. The zero-order valence-corrected chi connectivity index (χ0v) is 10.2. The van der Waals surface area contributed by atoms with Crippen molar-refractivity contribution < 1.29 is 14.6 Å². The fraction of sp³-hybridized carbons (Fsp3) is 0.385. The van der Waals surface area contributed by atoms with Crippen LogP contribution in [-0.4, -0.2) is 47.3 Å². The average molecular weight is 248 g/mol. The maximum atomic E-state index is 11.5. The number of pyridine rings is 1. The second kappa shape index (κ2) is 5.75. The number of esters is 1. The van der Waals surface area contributed by atoms with Gasteiger partial charge < -0.3 is 9.84 Å². The molecule has 1 aliphatic rings. The SMILES string of the molecule is COC(=O)C1=CC(O)CN(Cc2cccnc2)C1. The van der Waals surface area contributed by atoms with Crippen LogP contribution in [0.3, 0.4) is 0 Å². The van der Waals surface area contributed by atoms with E-state index in [2.05, 4.69) is 9.72 Å². The summed E-state index contributed by atoms with van der Waals surface area (Å²) in [4.78, 5) is 17.5. The molecule has 0 spiro atoms. The van der Waals surface area contributed by atoms with E-state index in [1.165, 1.54) is 7.11 Å². The number of hydrogen-bond acceptors (Lipinski definition) is 5. The molecule has 0 amide bonds. The third-order valence-electron chi connectivity index (χ3n) is 2.81. The Morgan fingerprint density at radius 2 is 2.50 bits per heavy atom. The molecule has 0 radical (unpaired) electrons. The van der Waals surface area contributed by atoms with Gasteiger partial charge in [0.05, 0.1) is 13.2 Å². The molecule has 96 valence electrons. The highest BCUT2D eigenvalue weighted by Crippen LogP contribution is 2.14. The molecule has 1 aromatic heterocycles. The van der Waals surface area contributed by atoms with Gasteiger partial charge in [-0.15, -0.1) is 0 Å². The van der Waals surface area contributed by atoms with Gasteiger partial charge in [0.2, 0.25) is 0 Å². The summed E-state index contributed by atoms with van der Waals surface area (Å²) in [7, 11) is 1.34. The lowest BCUT2D eigenvalue weighted by atomic mass is 10.1. The zero-order chi connectivity index (χ0) is 13.0. The highest BCUT2D eigenvalue weighted by molar-refractivity contribution is 5.89. The van der Waals surface area contributed by atoms with E-state index in [4.69, 9.17) is 0 Å². The Morgan fingerprint density at radius 3 is 3.17 bits per heavy atom. The van der Waals surface area contributed by atoms with Crippen LogP contribution >= 0.6 is 0 Å². The van der Waals surface area contributed by atoms with Crippen LogP contribution < -0.4 is 0 Å². The number of hydrogen-bond donors (Lipinski definition) is 1. The number of aliphatic hydroxyl groups is 1. The molecular formula is C13H16N2O3. The first-order valence-electron chi connectivity index (χ1n) is 5.77. The Morgan fingerprint density at radius 1 is 1.67 bits per heavy atom. The molecule has 1 atom stereocenters. The lowest BCUT2D eigenvalue weighted by molar-refractivity contribution is -0.136. The van der Waals surface area contributed by atoms with Gasteiger partial charge in [-0.1, -0.05) is 6.07 Å². The number of methoxy groups -OCH3 is 1. The normalized spacial score (nSPS) is 20.3. The van der Waals surface area contributed by atoms with Crippen molar-refractivity contribution >= 4 is 5.97 Å². The molecule has 0 fully saturated rings. The minimum Gasteiger partial charge on any atom is -0.466 e. The topological polar surface area (TPSA) is 62.7 Å². The minimum absolute atomic E-state index is 0.384. The summed E-state index contributed by atoms with van der Waals surface area (Å²) in [5.74, 6) is -0.384. The van der Waals surface area contributed by atoms with Gasteiger partial charge in [0.25, 0.3) is 0 Å². The number of aromatic nitrogens is 1. The summed E-state index contributed by atoms with van der Waals surface area (Å²) in [6.45, 7) is 1.65. The Balaban J connectivity index is 2.04. The highest BCUT2D eigenvalue weighted by Gasteiger charge is 2.23. The second-order valence-corrected chi connectivity index (χ2v) is 4.28. The van der Waals surface area contributed by atoms with E-state index in [9.17, 15) is 9.90 Å². The summed E-state index contributed by atoms with van der Waals surface area (Å²) in [6, 6.07) is 3.84. The smallest absolute Gasteiger partial charge is 0.334 e. The number of carbonyl (C=O) groups is 1. The third-order valence-corrected chi connectivity index (χ3v) is 2.81. The van der Waals surface area contributed by atoms with Crippen LogP contribution in [0.1, 0.15) is 5.56 Å². The van der Waals surface area contributed by atoms with Gasteiger partial charge in [-0.2, -0.15) is 0 Å². The number of β-amino-alcohol motifs (C(OH)–C–C–N with tert-alkyl or cyclic N) is 1. The van der Waals surface area contributed by atoms with Crippen molar-refractivity contribution in [3.63, 3.8) is 0 Å². The van der Waals surface area contributed by atoms with E-state index < -0.39 is 6.10 Å². The van der Waals surface area contributed by atoms with Crippen LogP contribution in [0.15, 0.2) is 36.2 Å². The summed E-state index contributed by atoms with van der Waals surface area (Å²) in [6.07, 6.45) is 4.42. The molecule has 1 aliphatic heterocycles. The van der Waals surface area contributed by atoms with Gasteiger partial charge in [0, 0.05) is 37.6 Å². The molecule has 0 aromatic carbocycles. The summed E-state index contributed by atoms with van der Waals surface area (Å²) < 4.78 is 4.68. The van der Waals surface area contributed by atoms with E-state index in [1.54, 1.807) is 18.5 Å². The molecule has 1 aromatic rings. The Hall–Kier alpha value is -1.72. The van der Waals surface area contributed by atoms with Crippen molar-refractivity contribution in [3.05, 3.63) is 41.7 Å². The number of nitrogens with zero attached hydrogens (tertiary/aromatic N) is 2. The van der Waals surface area contributed by atoms with Crippen molar-refractivity contribution in [2.75, 3.05) is 20.2 Å². The molecule has 0 saturated heterocycles. The zero-order valence-electron chi connectivity index (χ0n) is 10.2. The van der Waals surface area contributed by atoms with E-state index in [0.29, 0.717) is 25.2 Å². The first kappa shape index (κ1) is 12.7. The fourth-order valence-corrected chi connectivity index (χ4v) is 2.04. The predicted molar refractivity (Wildman–Crippen MR) is 65.6 cm³/mol. The standard InChI is InChI=1S/C13H16N2O3/c1-18-13(17)11-5-12(16)9-15(8-11)7-10-3-2-4-14-6-10/h2-6,12,16H,7-9H2,1H3. The second-order valence-electron chi connectivity index (χ2n) is 4.28. The molecule has 1 unspecified atom stereocenters. The summed E-state index contributed by atoms with van der Waals surface area (Å²) in [5.41, 5.74) is 1.55. The van der Waals surface area contributed by atoms with Crippen LogP contribution in [0, 0.1) is 0 Å². The maximum Gasteiger partial charge on any atom is 0.334 e. The van der Waals surface area contributed by atoms with Crippen molar-refractivity contribution in [3.8, 4) is 0 Å². The lowest BCUT2D eigenvalue weighted by Crippen LogP contribution is -2.38. The van der Waals surface area contributed by atoms with Gasteiger partial charge in [-0.05, 0) is 17.7 Å². The summed E-state index contributed by atoms with van der Waals surface area (Å²) in [5, 5.41) is 9.73. The molecule has 5 heteroatoms. The van der Waals surface area contributed by atoms with Crippen LogP contribution in [-0.2, 0) is 16.1 Å². The number of carbonyl (C=O) groups excluding carboxylic acids is 1. The van der Waals surface area contributed by atoms with Crippen LogP contribution in [0.2, 0.25) is 0 Å². The average Bonchev–Trinajstić information content (AvgIpc) is 2.38. The van der Waals surface area contributed by atoms with Crippen LogP contribution in [0.5, 0.6) is 0 Å². The van der Waals surface area contributed by atoms with Crippen molar-refractivity contribution in [2.45, 2.75) is 12.6 Å². The molecular weight excluding hydrogens is 232 g/mol. The van der Waals surface area contributed by atoms with Gasteiger partial charge >= 0.3 is 5.97 Å². The molecule has 2 heterocycles. The summed E-state index contributed by atoms with van der Waals surface area (Å²) >= 11 is 0. The highest BCUT2D eigenvalue weighted by atomic mass is 16.5. The predicted octanol–water partition coefficient (Wildman–Crippen LogP) is 0.357. The van der Waals surface area contributed by atoms with Gasteiger partial charge in [0.15, 0.2) is 0 Å². The van der Waals surface area contributed by atoms with Crippen LogP contribution in [0.4, 0.5) is 0 Å².